The van der Waals surface area contributed by atoms with Crippen LogP contribution in [0.5, 0.6) is 0 Å². The molecular weight excluding hydrogens is 354 g/mol. The van der Waals surface area contributed by atoms with Gasteiger partial charge >= 0.3 is 0 Å². The number of halogens is 1. The number of hydrogen-bond acceptors (Lipinski definition) is 5. The van der Waals surface area contributed by atoms with Crippen molar-refractivity contribution in [3.63, 3.8) is 0 Å². The lowest BCUT2D eigenvalue weighted by atomic mass is 9.95. The molecule has 1 aliphatic rings. The van der Waals surface area contributed by atoms with Crippen LogP contribution in [0, 0.1) is 6.92 Å². The molecule has 6 heteroatoms. The molecule has 1 aliphatic heterocycles. The van der Waals surface area contributed by atoms with E-state index in [1.807, 2.05) is 25.3 Å². The van der Waals surface area contributed by atoms with Gasteiger partial charge in [-0.3, -0.25) is 4.90 Å². The Labute approximate surface area is 158 Å². The molecular formula is C19H22ClN3OS. The molecule has 3 aromatic rings. The molecule has 3 heterocycles. The van der Waals surface area contributed by atoms with E-state index in [9.17, 15) is 0 Å². The summed E-state index contributed by atoms with van der Waals surface area (Å²) in [5.74, 6) is 2.17. The lowest BCUT2D eigenvalue weighted by molar-refractivity contribution is 0.326. The number of nitrogens with two attached hydrogens (primary N) is 1. The van der Waals surface area contributed by atoms with Gasteiger partial charge in [0.25, 0.3) is 0 Å². The first-order valence-corrected chi connectivity index (χ1v) is 9.05. The Morgan fingerprint density at radius 3 is 2.72 bits per heavy atom. The SMILES string of the molecule is Cc1ccc(-c2ncc(CN3C[C@@H](N)[C@H](c4ccccc4)C3)s2)o1.Cl. The Hall–Kier alpha value is -1.66. The third-order valence-corrected chi connectivity index (χ3v) is 5.55. The molecule has 0 amide bonds. The summed E-state index contributed by atoms with van der Waals surface area (Å²) in [6.45, 7) is 4.77. The predicted molar refractivity (Wildman–Crippen MR) is 104 cm³/mol. The molecule has 25 heavy (non-hydrogen) atoms. The second-order valence-corrected chi connectivity index (χ2v) is 7.53. The molecule has 0 spiro atoms. The van der Waals surface area contributed by atoms with Crippen LogP contribution in [0.3, 0.4) is 0 Å². The second kappa shape index (κ2) is 7.70. The zero-order chi connectivity index (χ0) is 16.5. The summed E-state index contributed by atoms with van der Waals surface area (Å²) >= 11 is 1.70. The first-order valence-electron chi connectivity index (χ1n) is 8.23. The van der Waals surface area contributed by atoms with Gasteiger partial charge in [-0.1, -0.05) is 30.3 Å². The van der Waals surface area contributed by atoms with Crippen LogP contribution in [0.2, 0.25) is 0 Å². The topological polar surface area (TPSA) is 55.3 Å². The molecule has 0 bridgehead atoms. The summed E-state index contributed by atoms with van der Waals surface area (Å²) in [7, 11) is 0. The van der Waals surface area contributed by atoms with Crippen molar-refractivity contribution in [1.29, 1.82) is 0 Å². The van der Waals surface area contributed by atoms with Crippen LogP contribution in [0.4, 0.5) is 0 Å². The molecule has 4 nitrogen and oxygen atoms in total. The Balaban J connectivity index is 0.00000182. The molecule has 2 atom stereocenters. The van der Waals surface area contributed by atoms with Gasteiger partial charge < -0.3 is 10.2 Å². The van der Waals surface area contributed by atoms with E-state index in [4.69, 9.17) is 10.2 Å². The quantitative estimate of drug-likeness (QED) is 0.747. The van der Waals surface area contributed by atoms with Gasteiger partial charge in [-0.05, 0) is 24.6 Å². The number of nitrogens with zero attached hydrogens (tertiary/aromatic N) is 2. The molecule has 0 radical (unpaired) electrons. The van der Waals surface area contributed by atoms with Crippen LogP contribution in [-0.2, 0) is 6.54 Å². The minimum atomic E-state index is 0. The van der Waals surface area contributed by atoms with Crippen molar-refractivity contribution >= 4 is 23.7 Å². The van der Waals surface area contributed by atoms with E-state index < -0.39 is 0 Å². The maximum Gasteiger partial charge on any atom is 0.162 e. The third-order valence-electron chi connectivity index (χ3n) is 4.55. The van der Waals surface area contributed by atoms with E-state index >= 15 is 0 Å². The zero-order valence-electron chi connectivity index (χ0n) is 14.1. The van der Waals surface area contributed by atoms with Crippen LogP contribution < -0.4 is 5.73 Å². The number of rotatable bonds is 4. The van der Waals surface area contributed by atoms with Crippen LogP contribution in [-0.4, -0.2) is 29.0 Å². The fourth-order valence-corrected chi connectivity index (χ4v) is 4.28. The Morgan fingerprint density at radius 1 is 1.20 bits per heavy atom. The number of aromatic nitrogens is 1. The Bertz CT molecular complexity index is 817. The molecule has 0 saturated carbocycles. The molecule has 1 aromatic carbocycles. The molecule has 2 aromatic heterocycles. The standard InChI is InChI=1S/C19H21N3OS.ClH/c1-13-7-8-18(23-13)19-21-9-15(24-19)10-22-11-16(17(20)12-22)14-5-3-2-4-6-14;/h2-9,16-17H,10-12,20H2,1H3;1H/t16-,17+;/m0./s1. The van der Waals surface area contributed by atoms with E-state index in [1.54, 1.807) is 11.3 Å². The van der Waals surface area contributed by atoms with E-state index in [2.05, 4.69) is 40.2 Å². The monoisotopic (exact) mass is 375 g/mol. The summed E-state index contributed by atoms with van der Waals surface area (Å²) in [6.07, 6.45) is 1.96. The largest absolute Gasteiger partial charge is 0.459 e. The minimum Gasteiger partial charge on any atom is -0.459 e. The molecule has 1 saturated heterocycles. The van der Waals surface area contributed by atoms with E-state index in [1.165, 1.54) is 10.4 Å². The van der Waals surface area contributed by atoms with Crippen LogP contribution in [0.25, 0.3) is 10.8 Å². The Kier molecular flexibility index (Phi) is 5.59. The number of likely N-dealkylation sites (tertiary alicyclic amines) is 1. The lowest BCUT2D eigenvalue weighted by Crippen LogP contribution is -2.28. The molecule has 0 unspecified atom stereocenters. The molecule has 4 rings (SSSR count). The highest BCUT2D eigenvalue weighted by Crippen LogP contribution is 2.31. The van der Waals surface area contributed by atoms with E-state index in [-0.39, 0.29) is 18.4 Å². The Morgan fingerprint density at radius 2 is 2.00 bits per heavy atom. The molecule has 2 N–H and O–H groups in total. The number of hydrogen-bond donors (Lipinski definition) is 1. The number of aryl methyl sites for hydroxylation is 1. The maximum absolute atomic E-state index is 6.39. The number of thiazole rings is 1. The van der Waals surface area contributed by atoms with Gasteiger partial charge in [-0.25, -0.2) is 4.98 Å². The van der Waals surface area contributed by atoms with Gasteiger partial charge in [-0.15, -0.1) is 23.7 Å². The fraction of sp³-hybridized carbons (Fsp3) is 0.316. The lowest BCUT2D eigenvalue weighted by Gasteiger charge is -2.15. The minimum absolute atomic E-state index is 0. The number of benzene rings is 1. The van der Waals surface area contributed by atoms with Gasteiger partial charge in [0.2, 0.25) is 0 Å². The highest BCUT2D eigenvalue weighted by molar-refractivity contribution is 7.14. The zero-order valence-corrected chi connectivity index (χ0v) is 15.7. The van der Waals surface area contributed by atoms with Gasteiger partial charge in [0.1, 0.15) is 5.76 Å². The predicted octanol–water partition coefficient (Wildman–Crippen LogP) is 4.06. The van der Waals surface area contributed by atoms with Crippen LogP contribution >= 0.6 is 23.7 Å². The van der Waals surface area contributed by atoms with Gasteiger partial charge in [0.15, 0.2) is 10.8 Å². The smallest absolute Gasteiger partial charge is 0.162 e. The van der Waals surface area contributed by atoms with Crippen molar-refractivity contribution in [2.75, 3.05) is 13.1 Å². The van der Waals surface area contributed by atoms with Gasteiger partial charge in [0.05, 0.1) is 0 Å². The van der Waals surface area contributed by atoms with Crippen LogP contribution in [0.1, 0.15) is 22.1 Å². The second-order valence-electron chi connectivity index (χ2n) is 6.42. The first kappa shape index (κ1) is 18.1. The summed E-state index contributed by atoms with van der Waals surface area (Å²) in [4.78, 5) is 8.18. The van der Waals surface area contributed by atoms with Crippen molar-refractivity contribution in [2.24, 2.45) is 5.73 Å². The highest BCUT2D eigenvalue weighted by Gasteiger charge is 2.31. The number of furan rings is 1. The normalized spacial score (nSPS) is 20.6. The molecule has 1 fully saturated rings. The fourth-order valence-electron chi connectivity index (χ4n) is 3.36. The average Bonchev–Trinajstić information content (AvgIpc) is 3.29. The van der Waals surface area contributed by atoms with Crippen LogP contribution in [0.15, 0.2) is 53.1 Å². The molecule has 132 valence electrons. The van der Waals surface area contributed by atoms with E-state index in [0.717, 1.165) is 36.2 Å². The summed E-state index contributed by atoms with van der Waals surface area (Å²) < 4.78 is 5.66. The average molecular weight is 376 g/mol. The first-order chi connectivity index (χ1) is 11.7. The summed E-state index contributed by atoms with van der Waals surface area (Å²) in [6, 6.07) is 14.7. The van der Waals surface area contributed by atoms with Crippen molar-refractivity contribution in [3.8, 4) is 10.8 Å². The van der Waals surface area contributed by atoms with Crippen molar-refractivity contribution in [1.82, 2.24) is 9.88 Å². The summed E-state index contributed by atoms with van der Waals surface area (Å²) in [5.41, 5.74) is 7.72. The van der Waals surface area contributed by atoms with E-state index in [0.29, 0.717) is 5.92 Å². The molecule has 0 aliphatic carbocycles. The highest BCUT2D eigenvalue weighted by atomic mass is 35.5. The third kappa shape index (κ3) is 3.96. The summed E-state index contributed by atoms with van der Waals surface area (Å²) in [5, 5.41) is 0.946. The van der Waals surface area contributed by atoms with Gasteiger partial charge in [-0.2, -0.15) is 0 Å². The van der Waals surface area contributed by atoms with Crippen molar-refractivity contribution in [2.45, 2.75) is 25.4 Å². The van der Waals surface area contributed by atoms with Crippen molar-refractivity contribution < 1.29 is 4.42 Å². The maximum atomic E-state index is 6.39. The van der Waals surface area contributed by atoms with Gasteiger partial charge in [0, 0.05) is 42.7 Å². The van der Waals surface area contributed by atoms with Crippen molar-refractivity contribution in [3.05, 3.63) is 64.9 Å².